The third-order valence-electron chi connectivity index (χ3n) is 3.59. The number of carbonyl (C=O) groups excluding carboxylic acids is 1. The molecule has 3 rings (SSSR count). The van der Waals surface area contributed by atoms with E-state index in [0.717, 1.165) is 17.8 Å². The number of anilines is 1. The highest BCUT2D eigenvalue weighted by Crippen LogP contribution is 2.34. The molecule has 0 radical (unpaired) electrons. The first kappa shape index (κ1) is 14.0. The fourth-order valence-corrected chi connectivity index (χ4v) is 3.70. The number of nitrogens with zero attached hydrogens (tertiary/aromatic N) is 2. The van der Waals surface area contributed by atoms with E-state index in [-0.39, 0.29) is 6.03 Å². The van der Waals surface area contributed by atoms with Crippen molar-refractivity contribution in [2.75, 3.05) is 11.9 Å². The standard InChI is InChI=1S/C15H18N4OS/c1-10-18-14-11(5-4-6-12(14)21-10)9-17-15(20)19-13-7-2-3-8-16-13/h2-3,7-8,11H,4-6,9H2,1H3,(H2,16,17,19,20). The molecule has 0 saturated heterocycles. The average molecular weight is 302 g/mol. The van der Waals surface area contributed by atoms with Crippen molar-refractivity contribution in [2.24, 2.45) is 0 Å². The van der Waals surface area contributed by atoms with Gasteiger partial charge < -0.3 is 5.32 Å². The van der Waals surface area contributed by atoms with Crippen LogP contribution >= 0.6 is 11.3 Å². The topological polar surface area (TPSA) is 66.9 Å². The molecular weight excluding hydrogens is 284 g/mol. The molecule has 0 bridgehead atoms. The van der Waals surface area contributed by atoms with E-state index in [2.05, 4.69) is 20.6 Å². The maximum absolute atomic E-state index is 11.9. The van der Waals surface area contributed by atoms with Crippen molar-refractivity contribution in [3.8, 4) is 0 Å². The second-order valence-electron chi connectivity index (χ2n) is 5.18. The lowest BCUT2D eigenvalue weighted by Gasteiger charge is -2.21. The summed E-state index contributed by atoms with van der Waals surface area (Å²) in [5.41, 5.74) is 1.18. The van der Waals surface area contributed by atoms with E-state index < -0.39 is 0 Å². The van der Waals surface area contributed by atoms with Crippen LogP contribution in [-0.2, 0) is 6.42 Å². The van der Waals surface area contributed by atoms with Gasteiger partial charge in [-0.05, 0) is 38.3 Å². The molecule has 110 valence electrons. The van der Waals surface area contributed by atoms with Crippen molar-refractivity contribution >= 4 is 23.2 Å². The van der Waals surface area contributed by atoms with E-state index in [9.17, 15) is 4.79 Å². The molecule has 0 aliphatic heterocycles. The predicted molar refractivity (Wildman–Crippen MR) is 83.8 cm³/mol. The molecule has 0 aromatic carbocycles. The van der Waals surface area contributed by atoms with E-state index in [1.54, 1.807) is 23.6 Å². The molecule has 2 N–H and O–H groups in total. The number of thiazole rings is 1. The van der Waals surface area contributed by atoms with Gasteiger partial charge >= 0.3 is 6.03 Å². The summed E-state index contributed by atoms with van der Waals surface area (Å²) in [7, 11) is 0. The van der Waals surface area contributed by atoms with Crippen molar-refractivity contribution in [1.29, 1.82) is 0 Å². The zero-order valence-electron chi connectivity index (χ0n) is 11.9. The molecule has 1 aliphatic carbocycles. The summed E-state index contributed by atoms with van der Waals surface area (Å²) in [5.74, 6) is 0.886. The van der Waals surface area contributed by atoms with Crippen LogP contribution in [0.25, 0.3) is 0 Å². The molecule has 0 fully saturated rings. The molecular formula is C15H18N4OS. The summed E-state index contributed by atoms with van der Waals surface area (Å²) in [6, 6.07) is 5.21. The van der Waals surface area contributed by atoms with Crippen LogP contribution in [0.2, 0.25) is 0 Å². The minimum atomic E-state index is -0.215. The van der Waals surface area contributed by atoms with E-state index >= 15 is 0 Å². The van der Waals surface area contributed by atoms with Gasteiger partial charge in [-0.15, -0.1) is 11.3 Å². The predicted octanol–water partition coefficient (Wildman–Crippen LogP) is 3.09. The van der Waals surface area contributed by atoms with Crippen LogP contribution in [-0.4, -0.2) is 22.5 Å². The van der Waals surface area contributed by atoms with Gasteiger partial charge in [-0.1, -0.05) is 6.07 Å². The van der Waals surface area contributed by atoms with Crippen LogP contribution < -0.4 is 10.6 Å². The Morgan fingerprint density at radius 3 is 3.19 bits per heavy atom. The average Bonchev–Trinajstić information content (AvgIpc) is 2.87. The van der Waals surface area contributed by atoms with Gasteiger partial charge in [-0.3, -0.25) is 5.32 Å². The third-order valence-corrected chi connectivity index (χ3v) is 4.64. The number of rotatable bonds is 3. The molecule has 2 aromatic heterocycles. The van der Waals surface area contributed by atoms with Gasteiger partial charge in [0.05, 0.1) is 10.7 Å². The Bertz CT molecular complexity index is 626. The summed E-state index contributed by atoms with van der Waals surface area (Å²) >= 11 is 1.78. The number of hydrogen-bond acceptors (Lipinski definition) is 4. The number of hydrogen-bond donors (Lipinski definition) is 2. The van der Waals surface area contributed by atoms with Gasteiger partial charge in [0.15, 0.2) is 0 Å². The molecule has 2 amide bonds. The van der Waals surface area contributed by atoms with Crippen LogP contribution in [0.3, 0.4) is 0 Å². The number of fused-ring (bicyclic) bond motifs is 1. The molecule has 1 unspecified atom stereocenters. The molecule has 1 aliphatic rings. The first-order chi connectivity index (χ1) is 10.2. The summed E-state index contributed by atoms with van der Waals surface area (Å²) in [4.78, 5) is 22.0. The quantitative estimate of drug-likeness (QED) is 0.915. The number of pyridine rings is 1. The van der Waals surface area contributed by atoms with Crippen molar-refractivity contribution in [2.45, 2.75) is 32.1 Å². The summed E-state index contributed by atoms with van der Waals surface area (Å²) in [6.07, 6.45) is 5.03. The third kappa shape index (κ3) is 3.39. The number of aromatic nitrogens is 2. The van der Waals surface area contributed by atoms with Gasteiger partial charge in [0, 0.05) is 23.5 Å². The first-order valence-corrected chi connectivity index (χ1v) is 7.96. The molecule has 2 heterocycles. The van der Waals surface area contributed by atoms with Crippen molar-refractivity contribution < 1.29 is 4.79 Å². The molecule has 1 atom stereocenters. The Balaban J connectivity index is 1.57. The van der Waals surface area contributed by atoms with Gasteiger partial charge in [0.1, 0.15) is 5.82 Å². The number of carbonyl (C=O) groups is 1. The van der Waals surface area contributed by atoms with Crippen LogP contribution in [0.1, 0.15) is 34.3 Å². The monoisotopic (exact) mass is 302 g/mol. The Kier molecular flexibility index (Phi) is 4.15. The SMILES string of the molecule is Cc1nc2c(s1)CCCC2CNC(=O)Nc1ccccn1. The number of amides is 2. The fraction of sp³-hybridized carbons (Fsp3) is 0.400. The smallest absolute Gasteiger partial charge is 0.320 e. The van der Waals surface area contributed by atoms with Crippen LogP contribution in [0, 0.1) is 6.92 Å². The maximum atomic E-state index is 11.9. The highest BCUT2D eigenvalue weighted by Gasteiger charge is 2.24. The van der Waals surface area contributed by atoms with Crippen LogP contribution in [0.5, 0.6) is 0 Å². The molecule has 0 spiro atoms. The van der Waals surface area contributed by atoms with Gasteiger partial charge in [0.2, 0.25) is 0 Å². The summed E-state index contributed by atoms with van der Waals surface area (Å²) in [5, 5.41) is 6.77. The Hall–Kier alpha value is -1.95. The van der Waals surface area contributed by atoms with Gasteiger partial charge in [-0.2, -0.15) is 0 Å². The largest absolute Gasteiger partial charge is 0.337 e. The molecule has 21 heavy (non-hydrogen) atoms. The fourth-order valence-electron chi connectivity index (χ4n) is 2.64. The molecule has 5 nitrogen and oxygen atoms in total. The van der Waals surface area contributed by atoms with Crippen molar-refractivity contribution in [1.82, 2.24) is 15.3 Å². The normalized spacial score (nSPS) is 17.1. The lowest BCUT2D eigenvalue weighted by atomic mass is 9.91. The van der Waals surface area contributed by atoms with Crippen molar-refractivity contribution in [3.63, 3.8) is 0 Å². The first-order valence-electron chi connectivity index (χ1n) is 7.14. The highest BCUT2D eigenvalue weighted by atomic mass is 32.1. The Labute approximate surface area is 127 Å². The number of nitrogens with one attached hydrogen (secondary N) is 2. The number of aryl methyl sites for hydroxylation is 2. The lowest BCUT2D eigenvalue weighted by Crippen LogP contribution is -2.33. The summed E-state index contributed by atoms with van der Waals surface area (Å²) < 4.78 is 0. The van der Waals surface area contributed by atoms with Gasteiger partial charge in [-0.25, -0.2) is 14.8 Å². The summed E-state index contributed by atoms with van der Waals surface area (Å²) in [6.45, 7) is 2.66. The second-order valence-corrected chi connectivity index (χ2v) is 6.47. The Morgan fingerprint density at radius 2 is 2.38 bits per heavy atom. The highest BCUT2D eigenvalue weighted by molar-refractivity contribution is 7.11. The minimum Gasteiger partial charge on any atom is -0.337 e. The number of urea groups is 1. The lowest BCUT2D eigenvalue weighted by molar-refractivity contribution is 0.251. The zero-order valence-corrected chi connectivity index (χ0v) is 12.7. The van der Waals surface area contributed by atoms with E-state index in [1.165, 1.54) is 17.0 Å². The van der Waals surface area contributed by atoms with Gasteiger partial charge in [0.25, 0.3) is 0 Å². The van der Waals surface area contributed by atoms with E-state index in [4.69, 9.17) is 0 Å². The molecule has 0 saturated carbocycles. The van der Waals surface area contributed by atoms with E-state index in [1.807, 2.05) is 19.1 Å². The van der Waals surface area contributed by atoms with Crippen molar-refractivity contribution in [3.05, 3.63) is 40.0 Å². The van der Waals surface area contributed by atoms with E-state index in [0.29, 0.717) is 18.3 Å². The Morgan fingerprint density at radius 1 is 1.48 bits per heavy atom. The van der Waals surface area contributed by atoms with Crippen LogP contribution in [0.15, 0.2) is 24.4 Å². The molecule has 2 aromatic rings. The maximum Gasteiger partial charge on any atom is 0.320 e. The zero-order chi connectivity index (χ0) is 14.7. The van der Waals surface area contributed by atoms with Crippen LogP contribution in [0.4, 0.5) is 10.6 Å². The minimum absolute atomic E-state index is 0.215. The molecule has 6 heteroatoms. The second kappa shape index (κ2) is 6.22.